The fraction of sp³-hybridized carbons (Fsp3) is 0.167. The highest BCUT2D eigenvalue weighted by molar-refractivity contribution is 5.95. The number of rotatable bonds is 8. The molecule has 0 aliphatic carbocycles. The Hall–Kier alpha value is -3.70. The van der Waals surface area contributed by atoms with Crippen molar-refractivity contribution in [2.24, 2.45) is 0 Å². The van der Waals surface area contributed by atoms with Gasteiger partial charge in [-0.25, -0.2) is 18.0 Å². The van der Waals surface area contributed by atoms with E-state index in [-0.39, 0.29) is 11.3 Å². The molecule has 0 aromatic heterocycles. The van der Waals surface area contributed by atoms with Crippen molar-refractivity contribution in [3.05, 3.63) is 59.4 Å². The van der Waals surface area contributed by atoms with Gasteiger partial charge in [-0.2, -0.15) is 8.78 Å². The van der Waals surface area contributed by atoms with Gasteiger partial charge in [-0.15, -0.1) is 0 Å². The van der Waals surface area contributed by atoms with Crippen molar-refractivity contribution in [3.8, 4) is 5.75 Å². The van der Waals surface area contributed by atoms with Gasteiger partial charge in [0.2, 0.25) is 5.91 Å². The summed E-state index contributed by atoms with van der Waals surface area (Å²) in [6.07, 6.45) is 0. The Morgan fingerprint density at radius 2 is 1.57 bits per heavy atom. The molecule has 0 unspecified atom stereocenters. The topological polar surface area (TPSA) is 93.7 Å². The lowest BCUT2D eigenvalue weighted by molar-refractivity contribution is -0.126. The average molecular weight is 432 g/mol. The molecular formula is C18H13F5N2O5. The van der Waals surface area contributed by atoms with E-state index in [4.69, 9.17) is 0 Å². The SMILES string of the molecule is O=C(COC(=O)c1ccc(OC(F)F)cc1)NCC(=O)Nc1ccc(F)c(F)c1F. The van der Waals surface area contributed by atoms with Crippen molar-refractivity contribution in [1.82, 2.24) is 5.32 Å². The summed E-state index contributed by atoms with van der Waals surface area (Å²) in [4.78, 5) is 35.1. The van der Waals surface area contributed by atoms with Crippen molar-refractivity contribution in [1.29, 1.82) is 0 Å². The van der Waals surface area contributed by atoms with Gasteiger partial charge in [0, 0.05) is 0 Å². The zero-order valence-electron chi connectivity index (χ0n) is 14.9. The van der Waals surface area contributed by atoms with Crippen molar-refractivity contribution >= 4 is 23.5 Å². The summed E-state index contributed by atoms with van der Waals surface area (Å²) in [5.74, 6) is -7.76. The minimum absolute atomic E-state index is 0.0454. The number of nitrogens with one attached hydrogen (secondary N) is 2. The fourth-order valence-electron chi connectivity index (χ4n) is 2.03. The molecule has 2 amide bonds. The van der Waals surface area contributed by atoms with Gasteiger partial charge in [0.15, 0.2) is 24.1 Å². The molecule has 2 aromatic rings. The molecule has 0 spiro atoms. The van der Waals surface area contributed by atoms with Crippen LogP contribution in [0, 0.1) is 17.5 Å². The van der Waals surface area contributed by atoms with E-state index in [1.807, 2.05) is 5.32 Å². The lowest BCUT2D eigenvalue weighted by atomic mass is 10.2. The summed E-state index contributed by atoms with van der Waals surface area (Å²) in [6, 6.07) is 5.89. The quantitative estimate of drug-likeness (QED) is 0.380. The summed E-state index contributed by atoms with van der Waals surface area (Å²) >= 11 is 0. The molecule has 0 atom stereocenters. The normalized spacial score (nSPS) is 10.5. The van der Waals surface area contributed by atoms with Crippen molar-refractivity contribution in [2.75, 3.05) is 18.5 Å². The van der Waals surface area contributed by atoms with Crippen LogP contribution in [-0.4, -0.2) is 37.5 Å². The fourth-order valence-corrected chi connectivity index (χ4v) is 2.03. The first-order valence-electron chi connectivity index (χ1n) is 8.09. The minimum atomic E-state index is -3.03. The number of carbonyl (C=O) groups is 3. The predicted molar refractivity (Wildman–Crippen MR) is 91.3 cm³/mol. The van der Waals surface area contributed by atoms with Gasteiger partial charge in [0.25, 0.3) is 5.91 Å². The van der Waals surface area contributed by atoms with Crippen molar-refractivity contribution < 1.29 is 45.8 Å². The van der Waals surface area contributed by atoms with E-state index in [1.165, 1.54) is 0 Å². The third-order valence-electron chi connectivity index (χ3n) is 3.40. The largest absolute Gasteiger partial charge is 0.452 e. The number of hydrogen-bond donors (Lipinski definition) is 2. The second-order valence-electron chi connectivity index (χ2n) is 5.53. The second-order valence-corrected chi connectivity index (χ2v) is 5.53. The number of anilines is 1. The van der Waals surface area contributed by atoms with E-state index >= 15 is 0 Å². The standard InChI is InChI=1S/C18H13F5N2O5/c19-11-5-6-12(16(21)15(11)20)25-13(26)7-24-14(27)8-29-17(28)9-1-3-10(4-2-9)30-18(22)23/h1-6,18H,7-8H2,(H,24,27)(H,25,26). The summed E-state index contributed by atoms with van der Waals surface area (Å²) in [5.41, 5.74) is -0.671. The maximum atomic E-state index is 13.5. The van der Waals surface area contributed by atoms with E-state index in [1.54, 1.807) is 0 Å². The Balaban J connectivity index is 1.77. The number of alkyl halides is 2. The van der Waals surface area contributed by atoms with Crippen LogP contribution in [0.2, 0.25) is 0 Å². The summed E-state index contributed by atoms with van der Waals surface area (Å²) in [6.45, 7) is -4.47. The first-order chi connectivity index (χ1) is 14.2. The average Bonchev–Trinajstić information content (AvgIpc) is 2.71. The maximum Gasteiger partial charge on any atom is 0.387 e. The molecule has 160 valence electrons. The molecule has 2 rings (SSSR count). The number of amides is 2. The van der Waals surface area contributed by atoms with Crippen LogP contribution < -0.4 is 15.4 Å². The highest BCUT2D eigenvalue weighted by Gasteiger charge is 2.16. The van der Waals surface area contributed by atoms with Crippen LogP contribution in [-0.2, 0) is 14.3 Å². The molecule has 0 heterocycles. The molecule has 0 fully saturated rings. The van der Waals surface area contributed by atoms with E-state index < -0.39 is 60.7 Å². The van der Waals surface area contributed by atoms with E-state index in [0.717, 1.165) is 30.3 Å². The van der Waals surface area contributed by atoms with Crippen molar-refractivity contribution in [3.63, 3.8) is 0 Å². The van der Waals surface area contributed by atoms with Gasteiger partial charge in [-0.3, -0.25) is 9.59 Å². The van der Waals surface area contributed by atoms with Crippen LogP contribution in [0.1, 0.15) is 10.4 Å². The molecule has 0 saturated carbocycles. The van der Waals surface area contributed by atoms with Crippen LogP contribution >= 0.6 is 0 Å². The molecule has 30 heavy (non-hydrogen) atoms. The molecule has 2 aromatic carbocycles. The first kappa shape index (κ1) is 22.6. The number of ether oxygens (including phenoxy) is 2. The zero-order chi connectivity index (χ0) is 22.3. The lowest BCUT2D eigenvalue weighted by Gasteiger charge is -2.09. The predicted octanol–water partition coefficient (Wildman–Crippen LogP) is 2.62. The van der Waals surface area contributed by atoms with Gasteiger partial charge in [-0.05, 0) is 36.4 Å². The van der Waals surface area contributed by atoms with Crippen LogP contribution in [0.15, 0.2) is 36.4 Å². The summed E-state index contributed by atoms with van der Waals surface area (Å²) < 4.78 is 72.3. The molecule has 0 saturated heterocycles. The van der Waals surface area contributed by atoms with Gasteiger partial charge in [0.05, 0.1) is 17.8 Å². The van der Waals surface area contributed by atoms with Gasteiger partial charge >= 0.3 is 12.6 Å². The molecule has 0 bridgehead atoms. The molecular weight excluding hydrogens is 419 g/mol. The van der Waals surface area contributed by atoms with Crippen LogP contribution in [0.3, 0.4) is 0 Å². The third-order valence-corrected chi connectivity index (χ3v) is 3.40. The number of hydrogen-bond acceptors (Lipinski definition) is 5. The highest BCUT2D eigenvalue weighted by Crippen LogP contribution is 2.19. The van der Waals surface area contributed by atoms with Gasteiger partial charge in [0.1, 0.15) is 5.75 Å². The lowest BCUT2D eigenvalue weighted by Crippen LogP contribution is -2.35. The van der Waals surface area contributed by atoms with E-state index in [9.17, 15) is 36.3 Å². The van der Waals surface area contributed by atoms with Crippen LogP contribution in [0.25, 0.3) is 0 Å². The Kier molecular flexibility index (Phi) is 7.67. The summed E-state index contributed by atoms with van der Waals surface area (Å²) in [5, 5.41) is 4.00. The van der Waals surface area contributed by atoms with Crippen molar-refractivity contribution in [2.45, 2.75) is 6.61 Å². The Bertz CT molecular complexity index is 937. The number of carbonyl (C=O) groups excluding carboxylic acids is 3. The number of esters is 1. The molecule has 12 heteroatoms. The Morgan fingerprint density at radius 1 is 0.900 bits per heavy atom. The summed E-state index contributed by atoms with van der Waals surface area (Å²) in [7, 11) is 0. The first-order valence-corrected chi connectivity index (χ1v) is 8.09. The molecule has 2 N–H and O–H groups in total. The highest BCUT2D eigenvalue weighted by atomic mass is 19.3. The molecule has 7 nitrogen and oxygen atoms in total. The monoisotopic (exact) mass is 432 g/mol. The smallest absolute Gasteiger partial charge is 0.387 e. The molecule has 0 aliphatic heterocycles. The molecule has 0 aliphatic rings. The maximum absolute atomic E-state index is 13.5. The van der Waals surface area contributed by atoms with Crippen LogP contribution in [0.4, 0.5) is 27.6 Å². The van der Waals surface area contributed by atoms with Gasteiger partial charge in [-0.1, -0.05) is 0 Å². The minimum Gasteiger partial charge on any atom is -0.452 e. The van der Waals surface area contributed by atoms with E-state index in [0.29, 0.717) is 6.07 Å². The Morgan fingerprint density at radius 3 is 2.20 bits per heavy atom. The number of benzene rings is 2. The Labute approximate surface area is 165 Å². The zero-order valence-corrected chi connectivity index (χ0v) is 14.9. The molecule has 0 radical (unpaired) electrons. The number of halogens is 5. The van der Waals surface area contributed by atoms with Gasteiger partial charge < -0.3 is 20.1 Å². The third kappa shape index (κ3) is 6.43. The van der Waals surface area contributed by atoms with Crippen LogP contribution in [0.5, 0.6) is 5.75 Å². The van der Waals surface area contributed by atoms with E-state index in [2.05, 4.69) is 14.8 Å². The second kappa shape index (κ2) is 10.2.